The lowest BCUT2D eigenvalue weighted by Gasteiger charge is -2.05. The van der Waals surface area contributed by atoms with Crippen LogP contribution in [0.25, 0.3) is 0 Å². The molecule has 1 aromatic carbocycles. The Labute approximate surface area is 115 Å². The summed E-state index contributed by atoms with van der Waals surface area (Å²) in [5, 5.41) is 2.98. The molecule has 0 aliphatic carbocycles. The summed E-state index contributed by atoms with van der Waals surface area (Å²) >= 11 is 13.5. The minimum atomic E-state index is -3.21. The first-order valence-electron chi connectivity index (χ1n) is 4.30. The van der Waals surface area contributed by atoms with E-state index >= 15 is 0 Å². The maximum Gasteiger partial charge on any atom is 0.320 e. The van der Waals surface area contributed by atoms with E-state index in [1.807, 2.05) is 0 Å². The fourth-order valence-corrected chi connectivity index (χ4v) is 1.52. The Bertz CT molecular complexity index is 460. The number of rotatable bonds is 3. The van der Waals surface area contributed by atoms with Crippen molar-refractivity contribution < 1.29 is 13.6 Å². The van der Waals surface area contributed by atoms with Gasteiger partial charge >= 0.3 is 4.83 Å². The summed E-state index contributed by atoms with van der Waals surface area (Å²) in [7, 11) is 0. The average molecular weight is 345 g/mol. The van der Waals surface area contributed by atoms with Crippen LogP contribution in [-0.4, -0.2) is 10.7 Å². The molecule has 2 nitrogen and oxygen atoms in total. The van der Waals surface area contributed by atoms with Crippen LogP contribution in [0.1, 0.15) is 0 Å². The maximum absolute atomic E-state index is 12.4. The zero-order chi connectivity index (χ0) is 13.1. The summed E-state index contributed by atoms with van der Waals surface area (Å²) in [4.78, 5) is 8.04. The smallest absolute Gasteiger partial charge is 0.320 e. The third-order valence-corrected chi connectivity index (χ3v) is 2.42. The molecular formula is C10H6BrCl2F2NO. The molecule has 1 rings (SSSR count). The minimum absolute atomic E-state index is 0.227. The first-order valence-corrected chi connectivity index (χ1v) is 5.85. The lowest BCUT2D eigenvalue weighted by atomic mass is 10.3. The van der Waals surface area contributed by atoms with Crippen molar-refractivity contribution in [2.45, 2.75) is 4.83 Å². The molecule has 0 saturated carbocycles. The van der Waals surface area contributed by atoms with Gasteiger partial charge in [0.1, 0.15) is 0 Å². The summed E-state index contributed by atoms with van der Waals surface area (Å²) in [6.07, 6.45) is 1.13. The highest BCUT2D eigenvalue weighted by Crippen LogP contribution is 2.26. The first kappa shape index (κ1) is 14.4. The fraction of sp³-hybridized carbons (Fsp3) is 0.100. The Kier molecular flexibility index (Phi) is 4.91. The molecule has 17 heavy (non-hydrogen) atoms. The molecular weight excluding hydrogens is 339 g/mol. The van der Waals surface area contributed by atoms with Crippen LogP contribution in [0.2, 0.25) is 10.0 Å². The molecule has 0 fully saturated rings. The van der Waals surface area contributed by atoms with E-state index in [4.69, 9.17) is 23.2 Å². The van der Waals surface area contributed by atoms with Crippen LogP contribution in [0.4, 0.5) is 14.5 Å². The van der Waals surface area contributed by atoms with E-state index in [2.05, 4.69) is 21.2 Å². The Balaban J connectivity index is 2.72. The number of amides is 1. The quantitative estimate of drug-likeness (QED) is 0.636. The number of hydrogen-bond acceptors (Lipinski definition) is 1. The third-order valence-electron chi connectivity index (χ3n) is 1.61. The van der Waals surface area contributed by atoms with Gasteiger partial charge in [-0.3, -0.25) is 4.79 Å². The highest BCUT2D eigenvalue weighted by molar-refractivity contribution is 9.10. The number of alkyl halides is 3. The minimum Gasteiger partial charge on any atom is -0.321 e. The van der Waals surface area contributed by atoms with Crippen molar-refractivity contribution in [2.75, 3.05) is 5.32 Å². The Morgan fingerprint density at radius 2 is 2.06 bits per heavy atom. The van der Waals surface area contributed by atoms with Crippen LogP contribution in [-0.2, 0) is 4.79 Å². The van der Waals surface area contributed by atoms with Crippen LogP contribution in [0.5, 0.6) is 0 Å². The molecule has 0 unspecified atom stereocenters. The Morgan fingerprint density at radius 1 is 1.41 bits per heavy atom. The van der Waals surface area contributed by atoms with Crippen molar-refractivity contribution in [2.24, 2.45) is 0 Å². The van der Waals surface area contributed by atoms with Crippen LogP contribution < -0.4 is 5.32 Å². The molecule has 92 valence electrons. The van der Waals surface area contributed by atoms with Gasteiger partial charge in [0, 0.05) is 17.2 Å². The zero-order valence-electron chi connectivity index (χ0n) is 8.18. The predicted molar refractivity (Wildman–Crippen MR) is 68.1 cm³/mol. The van der Waals surface area contributed by atoms with Crippen LogP contribution >= 0.6 is 39.1 Å². The molecule has 0 aliphatic rings. The number of carbonyl (C=O) groups is 1. The van der Waals surface area contributed by atoms with Gasteiger partial charge in [-0.05, 0) is 34.1 Å². The van der Waals surface area contributed by atoms with E-state index in [1.165, 1.54) is 18.2 Å². The third kappa shape index (κ3) is 5.48. The number of hydrogen-bond donors (Lipinski definition) is 1. The molecule has 1 N–H and O–H groups in total. The molecule has 0 aromatic heterocycles. The molecule has 0 aliphatic heterocycles. The van der Waals surface area contributed by atoms with Crippen LogP contribution in [0, 0.1) is 0 Å². The van der Waals surface area contributed by atoms with E-state index in [0.717, 1.165) is 0 Å². The van der Waals surface area contributed by atoms with Gasteiger partial charge < -0.3 is 5.32 Å². The molecule has 7 heteroatoms. The van der Waals surface area contributed by atoms with Gasteiger partial charge in [-0.25, -0.2) is 0 Å². The average Bonchev–Trinajstić information content (AvgIpc) is 2.18. The van der Waals surface area contributed by atoms with Gasteiger partial charge in [0.05, 0.1) is 10.7 Å². The fourth-order valence-electron chi connectivity index (χ4n) is 0.935. The lowest BCUT2D eigenvalue weighted by Crippen LogP contribution is -2.10. The summed E-state index contributed by atoms with van der Waals surface area (Å²) in [6.45, 7) is 0. The number of anilines is 1. The molecule has 0 atom stereocenters. The van der Waals surface area contributed by atoms with Crippen molar-refractivity contribution in [1.29, 1.82) is 0 Å². The van der Waals surface area contributed by atoms with E-state index in [1.54, 1.807) is 0 Å². The maximum atomic E-state index is 12.4. The number of halogens is 5. The zero-order valence-corrected chi connectivity index (χ0v) is 11.3. The van der Waals surface area contributed by atoms with Crippen LogP contribution in [0.3, 0.4) is 0 Å². The molecule has 0 radical (unpaired) electrons. The molecule has 0 bridgehead atoms. The number of allylic oxidation sites excluding steroid dienone is 1. The summed E-state index contributed by atoms with van der Waals surface area (Å²) in [5.74, 6) is -0.714. The van der Waals surface area contributed by atoms with E-state index in [-0.39, 0.29) is 5.02 Å². The summed E-state index contributed by atoms with van der Waals surface area (Å²) in [5.41, 5.74) is 0.295. The van der Waals surface area contributed by atoms with Crippen molar-refractivity contribution >= 4 is 50.7 Å². The van der Waals surface area contributed by atoms with E-state index in [0.29, 0.717) is 22.9 Å². The second kappa shape index (κ2) is 5.80. The number of benzene rings is 1. The topological polar surface area (TPSA) is 29.1 Å². The van der Waals surface area contributed by atoms with Crippen molar-refractivity contribution in [3.63, 3.8) is 0 Å². The number of nitrogens with one attached hydrogen (secondary N) is 1. The monoisotopic (exact) mass is 343 g/mol. The van der Waals surface area contributed by atoms with Crippen molar-refractivity contribution in [3.05, 3.63) is 40.4 Å². The van der Waals surface area contributed by atoms with Gasteiger partial charge in [0.2, 0.25) is 5.91 Å². The van der Waals surface area contributed by atoms with Gasteiger partial charge in [0.15, 0.2) is 0 Å². The standard InChI is InChI=1S/C10H6BrCl2F2NO/c11-10(14,15)4-3-9(17)16-8-2-1-6(12)5-7(8)13/h1-5H,(H,16,17)/b4-3+. The van der Waals surface area contributed by atoms with Crippen molar-refractivity contribution in [1.82, 2.24) is 0 Å². The molecule has 1 amide bonds. The number of carbonyl (C=O) groups excluding carboxylic acids is 1. The van der Waals surface area contributed by atoms with Gasteiger partial charge in [-0.2, -0.15) is 8.78 Å². The lowest BCUT2D eigenvalue weighted by molar-refractivity contribution is -0.112. The Morgan fingerprint density at radius 3 is 2.59 bits per heavy atom. The van der Waals surface area contributed by atoms with Crippen LogP contribution in [0.15, 0.2) is 30.4 Å². The predicted octanol–water partition coefficient (Wildman–Crippen LogP) is 4.48. The molecule has 0 spiro atoms. The molecule has 0 saturated heterocycles. The Hall–Kier alpha value is -0.650. The van der Waals surface area contributed by atoms with Gasteiger partial charge in [0.25, 0.3) is 0 Å². The highest BCUT2D eigenvalue weighted by Gasteiger charge is 2.19. The second-order valence-electron chi connectivity index (χ2n) is 2.99. The SMILES string of the molecule is O=C(/C=C/C(F)(F)Br)Nc1ccc(Cl)cc1Cl. The molecule has 0 heterocycles. The summed E-state index contributed by atoms with van der Waals surface area (Å²) < 4.78 is 24.7. The highest BCUT2D eigenvalue weighted by atomic mass is 79.9. The normalized spacial score (nSPS) is 11.8. The van der Waals surface area contributed by atoms with Gasteiger partial charge in [-0.15, -0.1) is 0 Å². The first-order chi connectivity index (χ1) is 7.78. The van der Waals surface area contributed by atoms with E-state index in [9.17, 15) is 13.6 Å². The second-order valence-corrected chi connectivity index (χ2v) is 4.89. The van der Waals surface area contributed by atoms with E-state index < -0.39 is 10.7 Å². The summed E-state index contributed by atoms with van der Waals surface area (Å²) in [6, 6.07) is 4.43. The largest absolute Gasteiger partial charge is 0.321 e. The van der Waals surface area contributed by atoms with Gasteiger partial charge in [-0.1, -0.05) is 23.2 Å². The van der Waals surface area contributed by atoms with Crippen molar-refractivity contribution in [3.8, 4) is 0 Å². The molecule has 1 aromatic rings.